The van der Waals surface area contributed by atoms with E-state index < -0.39 is 5.41 Å². The van der Waals surface area contributed by atoms with Gasteiger partial charge < -0.3 is 9.47 Å². The fourth-order valence-electron chi connectivity index (χ4n) is 0.447. The van der Waals surface area contributed by atoms with E-state index in [0.29, 0.717) is 6.47 Å². The maximum absolute atomic E-state index is 11.1. The topological polar surface area (TPSA) is 52.6 Å². The van der Waals surface area contributed by atoms with Gasteiger partial charge in [-0.1, -0.05) is 0 Å². The Bertz CT molecular complexity index is 157. The van der Waals surface area contributed by atoms with Crippen molar-refractivity contribution in [3.8, 4) is 0 Å². The van der Waals surface area contributed by atoms with Crippen molar-refractivity contribution in [1.29, 1.82) is 0 Å². The van der Waals surface area contributed by atoms with E-state index in [1.54, 1.807) is 20.8 Å². The Labute approximate surface area is 71.8 Å². The van der Waals surface area contributed by atoms with E-state index in [2.05, 4.69) is 4.74 Å². The molecule has 0 aromatic heterocycles. The number of hydrogen-bond acceptors (Lipinski definition) is 4. The SMILES string of the molecule is CC(C)(C)C(=O)OCCOC=O. The molecular formula is C8H14O4. The Balaban J connectivity index is 3.51. The van der Waals surface area contributed by atoms with Gasteiger partial charge >= 0.3 is 5.97 Å². The summed E-state index contributed by atoms with van der Waals surface area (Å²) in [6, 6.07) is 0. The van der Waals surface area contributed by atoms with Gasteiger partial charge in [-0.05, 0) is 20.8 Å². The molecule has 12 heavy (non-hydrogen) atoms. The Morgan fingerprint density at radius 2 is 1.92 bits per heavy atom. The summed E-state index contributed by atoms with van der Waals surface area (Å²) in [4.78, 5) is 20.7. The highest BCUT2D eigenvalue weighted by atomic mass is 16.6. The first-order valence-electron chi connectivity index (χ1n) is 3.71. The van der Waals surface area contributed by atoms with Gasteiger partial charge in [0.25, 0.3) is 6.47 Å². The van der Waals surface area contributed by atoms with Crippen LogP contribution >= 0.6 is 0 Å². The fraction of sp³-hybridized carbons (Fsp3) is 0.750. The molecule has 0 N–H and O–H groups in total. The maximum Gasteiger partial charge on any atom is 0.311 e. The van der Waals surface area contributed by atoms with Crippen molar-refractivity contribution < 1.29 is 19.1 Å². The number of carbonyl (C=O) groups is 2. The van der Waals surface area contributed by atoms with Gasteiger partial charge in [0.2, 0.25) is 0 Å². The quantitative estimate of drug-likeness (QED) is 0.358. The summed E-state index contributed by atoms with van der Waals surface area (Å²) in [5.41, 5.74) is -0.499. The molecule has 0 amide bonds. The first-order valence-corrected chi connectivity index (χ1v) is 3.71. The molecule has 0 rings (SSSR count). The summed E-state index contributed by atoms with van der Waals surface area (Å²) in [7, 11) is 0. The number of esters is 1. The molecule has 0 aliphatic carbocycles. The third-order valence-corrected chi connectivity index (χ3v) is 1.11. The smallest absolute Gasteiger partial charge is 0.311 e. The predicted octanol–water partition coefficient (Wildman–Crippen LogP) is 0.749. The van der Waals surface area contributed by atoms with Crippen LogP contribution in [-0.2, 0) is 19.1 Å². The van der Waals surface area contributed by atoms with Gasteiger partial charge in [0, 0.05) is 0 Å². The predicted molar refractivity (Wildman–Crippen MR) is 42.4 cm³/mol. The molecule has 0 bridgehead atoms. The van der Waals surface area contributed by atoms with Crippen molar-refractivity contribution in [2.75, 3.05) is 13.2 Å². The van der Waals surface area contributed by atoms with Crippen LogP contribution in [0.15, 0.2) is 0 Å². The van der Waals surface area contributed by atoms with Crippen LogP contribution in [0, 0.1) is 5.41 Å². The lowest BCUT2D eigenvalue weighted by molar-refractivity contribution is -0.155. The van der Waals surface area contributed by atoms with Crippen LogP contribution in [0.25, 0.3) is 0 Å². The third kappa shape index (κ3) is 4.71. The Morgan fingerprint density at radius 3 is 2.33 bits per heavy atom. The minimum absolute atomic E-state index is 0.116. The molecule has 0 fully saturated rings. The van der Waals surface area contributed by atoms with Crippen molar-refractivity contribution in [3.63, 3.8) is 0 Å². The summed E-state index contributed by atoms with van der Waals surface area (Å²) in [5, 5.41) is 0. The van der Waals surface area contributed by atoms with E-state index in [0.717, 1.165) is 0 Å². The first-order chi connectivity index (χ1) is 5.48. The highest BCUT2D eigenvalue weighted by Crippen LogP contribution is 2.14. The molecule has 0 radical (unpaired) electrons. The minimum Gasteiger partial charge on any atom is -0.464 e. The molecule has 4 nitrogen and oxygen atoms in total. The molecule has 0 aliphatic rings. The number of ether oxygens (including phenoxy) is 2. The van der Waals surface area contributed by atoms with E-state index >= 15 is 0 Å². The molecule has 0 aromatic carbocycles. The second-order valence-corrected chi connectivity index (χ2v) is 3.35. The van der Waals surface area contributed by atoms with Gasteiger partial charge in [0.05, 0.1) is 5.41 Å². The lowest BCUT2D eigenvalue weighted by Gasteiger charge is -2.15. The number of carbonyl (C=O) groups excluding carboxylic acids is 2. The maximum atomic E-state index is 11.1. The summed E-state index contributed by atoms with van der Waals surface area (Å²) in [6.07, 6.45) is 0. The van der Waals surface area contributed by atoms with E-state index in [1.165, 1.54) is 0 Å². The number of rotatable bonds is 4. The van der Waals surface area contributed by atoms with Crippen LogP contribution in [0.5, 0.6) is 0 Å². The van der Waals surface area contributed by atoms with Crippen LogP contribution in [0.2, 0.25) is 0 Å². The molecule has 0 unspecified atom stereocenters. The molecule has 0 aromatic rings. The summed E-state index contributed by atoms with van der Waals surface area (Å²) in [5.74, 6) is -0.294. The zero-order valence-electron chi connectivity index (χ0n) is 7.62. The number of hydrogen-bond donors (Lipinski definition) is 0. The molecule has 0 saturated carbocycles. The lowest BCUT2D eigenvalue weighted by Crippen LogP contribution is -2.24. The van der Waals surface area contributed by atoms with Gasteiger partial charge in [-0.15, -0.1) is 0 Å². The van der Waals surface area contributed by atoms with Crippen LogP contribution in [0.1, 0.15) is 20.8 Å². The minimum atomic E-state index is -0.499. The first kappa shape index (κ1) is 10.9. The zero-order valence-corrected chi connectivity index (χ0v) is 7.62. The molecule has 0 spiro atoms. The van der Waals surface area contributed by atoms with E-state index in [1.807, 2.05) is 0 Å². The normalized spacial score (nSPS) is 10.6. The highest BCUT2D eigenvalue weighted by Gasteiger charge is 2.22. The average molecular weight is 174 g/mol. The van der Waals surface area contributed by atoms with E-state index in [-0.39, 0.29) is 19.2 Å². The summed E-state index contributed by atoms with van der Waals surface area (Å²) in [6.45, 7) is 5.84. The van der Waals surface area contributed by atoms with Crippen molar-refractivity contribution in [2.45, 2.75) is 20.8 Å². The molecule has 4 heteroatoms. The van der Waals surface area contributed by atoms with Gasteiger partial charge in [-0.3, -0.25) is 9.59 Å². The van der Waals surface area contributed by atoms with E-state index in [4.69, 9.17) is 4.74 Å². The molecule has 70 valence electrons. The van der Waals surface area contributed by atoms with Crippen molar-refractivity contribution >= 4 is 12.4 Å². The lowest BCUT2D eigenvalue weighted by atomic mass is 9.97. The highest BCUT2D eigenvalue weighted by molar-refractivity contribution is 5.75. The van der Waals surface area contributed by atoms with Crippen LogP contribution in [-0.4, -0.2) is 25.7 Å². The van der Waals surface area contributed by atoms with Crippen LogP contribution in [0.3, 0.4) is 0 Å². The largest absolute Gasteiger partial charge is 0.464 e. The second-order valence-electron chi connectivity index (χ2n) is 3.35. The molecule has 0 heterocycles. The van der Waals surface area contributed by atoms with Crippen molar-refractivity contribution in [1.82, 2.24) is 0 Å². The van der Waals surface area contributed by atoms with Gasteiger partial charge in [0.15, 0.2) is 0 Å². The van der Waals surface area contributed by atoms with Gasteiger partial charge in [0.1, 0.15) is 13.2 Å². The molecule has 0 aliphatic heterocycles. The van der Waals surface area contributed by atoms with E-state index in [9.17, 15) is 9.59 Å². The van der Waals surface area contributed by atoms with Crippen molar-refractivity contribution in [3.05, 3.63) is 0 Å². The Morgan fingerprint density at radius 1 is 1.33 bits per heavy atom. The monoisotopic (exact) mass is 174 g/mol. The molecule has 0 saturated heterocycles. The Hall–Kier alpha value is -1.06. The second kappa shape index (κ2) is 4.74. The summed E-state index contributed by atoms with van der Waals surface area (Å²) < 4.78 is 9.12. The van der Waals surface area contributed by atoms with Crippen molar-refractivity contribution in [2.24, 2.45) is 5.41 Å². The van der Waals surface area contributed by atoms with Crippen LogP contribution in [0.4, 0.5) is 0 Å². The van der Waals surface area contributed by atoms with Gasteiger partial charge in [-0.25, -0.2) is 0 Å². The summed E-state index contributed by atoms with van der Waals surface area (Å²) >= 11 is 0. The fourth-order valence-corrected chi connectivity index (χ4v) is 0.447. The molecular weight excluding hydrogens is 160 g/mol. The Kier molecular flexibility index (Phi) is 4.33. The standard InChI is InChI=1S/C8H14O4/c1-8(2,3)7(10)12-5-4-11-6-9/h6H,4-5H2,1-3H3. The van der Waals surface area contributed by atoms with Crippen LogP contribution < -0.4 is 0 Å². The average Bonchev–Trinajstić information content (AvgIpc) is 1.96. The third-order valence-electron chi connectivity index (χ3n) is 1.11. The zero-order chi connectivity index (χ0) is 9.61. The molecule has 0 atom stereocenters. The van der Waals surface area contributed by atoms with Gasteiger partial charge in [-0.2, -0.15) is 0 Å².